The van der Waals surface area contributed by atoms with Gasteiger partial charge in [0.1, 0.15) is 17.3 Å². The first-order valence-corrected chi connectivity index (χ1v) is 15.2. The number of benzene rings is 6. The molecule has 7 aromatic rings. The maximum Gasteiger partial charge on any atom is 0.135 e. The highest BCUT2D eigenvalue weighted by Crippen LogP contribution is 2.63. The molecule has 1 N–H and O–H groups in total. The lowest BCUT2D eigenvalue weighted by atomic mass is 9.70. The second kappa shape index (κ2) is 8.17. The number of nitrogens with zero attached hydrogens (tertiary/aromatic N) is 1. The Morgan fingerprint density at radius 1 is 0.605 bits per heavy atom. The lowest BCUT2D eigenvalue weighted by Gasteiger charge is -2.30. The van der Waals surface area contributed by atoms with Crippen LogP contribution >= 0.6 is 0 Å². The van der Waals surface area contributed by atoms with Crippen molar-refractivity contribution in [1.29, 1.82) is 0 Å². The molecule has 0 fully saturated rings. The van der Waals surface area contributed by atoms with Crippen molar-refractivity contribution in [1.82, 2.24) is 0 Å². The molecule has 0 radical (unpaired) electrons. The summed E-state index contributed by atoms with van der Waals surface area (Å²) in [5.74, 6) is 0. The number of anilines is 3. The van der Waals surface area contributed by atoms with E-state index in [4.69, 9.17) is 4.42 Å². The summed E-state index contributed by atoms with van der Waals surface area (Å²) in [4.78, 5) is 2.43. The Morgan fingerprint density at radius 3 is 1.91 bits per heavy atom. The molecule has 0 amide bonds. The van der Waals surface area contributed by atoms with Gasteiger partial charge in [-0.25, -0.2) is 0 Å². The average Bonchev–Trinajstić information content (AvgIpc) is 3.78. The van der Waals surface area contributed by atoms with Crippen molar-refractivity contribution in [3.63, 3.8) is 0 Å². The fraction of sp³-hybridized carbons (Fsp3) is 0.100. The zero-order valence-electron chi connectivity index (χ0n) is 23.8. The van der Waals surface area contributed by atoms with Crippen molar-refractivity contribution in [2.75, 3.05) is 10.2 Å². The first-order valence-electron chi connectivity index (χ1n) is 15.2. The van der Waals surface area contributed by atoms with Gasteiger partial charge < -0.3 is 14.6 Å². The van der Waals surface area contributed by atoms with Gasteiger partial charge in [0.05, 0.1) is 16.8 Å². The summed E-state index contributed by atoms with van der Waals surface area (Å²) in [5.41, 5.74) is 15.7. The van der Waals surface area contributed by atoms with Gasteiger partial charge in [-0.3, -0.25) is 0 Å². The van der Waals surface area contributed by atoms with E-state index in [0.29, 0.717) is 0 Å². The van der Waals surface area contributed by atoms with E-state index in [9.17, 15) is 0 Å². The van der Waals surface area contributed by atoms with E-state index in [1.165, 1.54) is 61.6 Å². The van der Waals surface area contributed by atoms with Crippen molar-refractivity contribution in [2.45, 2.75) is 24.9 Å². The predicted molar refractivity (Wildman–Crippen MR) is 176 cm³/mol. The summed E-state index contributed by atoms with van der Waals surface area (Å²) in [7, 11) is 0. The highest BCUT2D eigenvalue weighted by molar-refractivity contribution is 6.10. The Balaban J connectivity index is 1.25. The molecule has 2 heterocycles. The van der Waals surface area contributed by atoms with Crippen LogP contribution in [-0.4, -0.2) is 6.17 Å². The quantitative estimate of drug-likeness (QED) is 0.231. The molecule has 2 aliphatic carbocycles. The Kier molecular flexibility index (Phi) is 4.43. The molecule has 204 valence electrons. The summed E-state index contributed by atoms with van der Waals surface area (Å²) in [6, 6.07) is 46.9. The second-order valence-corrected chi connectivity index (χ2v) is 12.0. The lowest BCUT2D eigenvalue weighted by Crippen LogP contribution is -2.30. The van der Waals surface area contributed by atoms with Gasteiger partial charge in [-0.15, -0.1) is 0 Å². The molecule has 1 aliphatic heterocycles. The third-order valence-corrected chi connectivity index (χ3v) is 10.0. The minimum Gasteiger partial charge on any atom is -0.456 e. The summed E-state index contributed by atoms with van der Waals surface area (Å²) >= 11 is 0. The zero-order chi connectivity index (χ0) is 28.3. The van der Waals surface area contributed by atoms with Crippen LogP contribution in [0.15, 0.2) is 132 Å². The van der Waals surface area contributed by atoms with Crippen LogP contribution in [0.3, 0.4) is 0 Å². The fourth-order valence-electron chi connectivity index (χ4n) is 8.32. The van der Waals surface area contributed by atoms with Crippen LogP contribution in [0.2, 0.25) is 0 Å². The van der Waals surface area contributed by atoms with Gasteiger partial charge in [0, 0.05) is 16.5 Å². The minimum atomic E-state index is -0.364. The highest BCUT2D eigenvalue weighted by Gasteiger charge is 2.51. The Hall–Kier alpha value is -5.28. The number of nitrogens with one attached hydrogen (secondary N) is 1. The van der Waals surface area contributed by atoms with Gasteiger partial charge in [0.2, 0.25) is 0 Å². The minimum absolute atomic E-state index is 0.214. The summed E-state index contributed by atoms with van der Waals surface area (Å²) in [6.45, 7) is 2.23. The van der Waals surface area contributed by atoms with Gasteiger partial charge >= 0.3 is 0 Å². The SMILES string of the molecule is CCC1Nc2ccccc2N1c1ccc2oc3cc4c(cc3c2c1)-c1ccccc1C41c2ccccc2-c2ccccc21. The normalized spacial score (nSPS) is 16.7. The molecule has 1 spiro atoms. The first kappa shape index (κ1) is 23.3. The lowest BCUT2D eigenvalue weighted by molar-refractivity contribution is 0.666. The van der Waals surface area contributed by atoms with Gasteiger partial charge in [0.25, 0.3) is 0 Å². The number of hydrogen-bond donors (Lipinski definition) is 1. The summed E-state index contributed by atoms with van der Waals surface area (Å²) < 4.78 is 6.66. The molecule has 10 rings (SSSR count). The first-order chi connectivity index (χ1) is 21.3. The van der Waals surface area contributed by atoms with Crippen molar-refractivity contribution in [3.05, 3.63) is 150 Å². The van der Waals surface area contributed by atoms with Crippen LogP contribution < -0.4 is 10.2 Å². The van der Waals surface area contributed by atoms with Crippen molar-refractivity contribution < 1.29 is 4.42 Å². The molecule has 0 saturated heterocycles. The van der Waals surface area contributed by atoms with Crippen LogP contribution in [-0.2, 0) is 5.41 Å². The van der Waals surface area contributed by atoms with Crippen molar-refractivity contribution in [2.24, 2.45) is 0 Å². The van der Waals surface area contributed by atoms with Crippen LogP contribution in [0.25, 0.3) is 44.2 Å². The molecule has 1 atom stereocenters. The number of fused-ring (bicyclic) bond motifs is 14. The molecule has 3 nitrogen and oxygen atoms in total. The van der Waals surface area contributed by atoms with Gasteiger partial charge in [-0.05, 0) is 93.4 Å². The number of furan rings is 1. The monoisotopic (exact) mass is 552 g/mol. The van der Waals surface area contributed by atoms with Crippen LogP contribution in [0, 0.1) is 0 Å². The summed E-state index contributed by atoms with van der Waals surface area (Å²) in [6.07, 6.45) is 1.21. The average molecular weight is 553 g/mol. The molecule has 3 heteroatoms. The molecule has 0 bridgehead atoms. The standard InChI is InChI=1S/C40H28N2O/c1-2-39-41-35-17-9-10-18-36(35)42(39)24-19-20-37-29(21-24)30-22-28-27-13-5-8-16-33(27)40(34(28)23-38(30)43-37)31-14-6-3-11-25(31)26-12-4-7-15-32(26)40/h3-23,39,41H,2H2,1H3. The highest BCUT2D eigenvalue weighted by atomic mass is 16.3. The van der Waals surface area contributed by atoms with Gasteiger partial charge in [-0.1, -0.05) is 91.9 Å². The Labute approximate surface area is 250 Å². The summed E-state index contributed by atoms with van der Waals surface area (Å²) in [5, 5.41) is 6.02. The molecule has 1 aromatic heterocycles. The van der Waals surface area contributed by atoms with E-state index in [1.807, 2.05) is 0 Å². The molecule has 0 saturated carbocycles. The third kappa shape index (κ3) is 2.80. The maximum atomic E-state index is 6.66. The van der Waals surface area contributed by atoms with E-state index in [1.54, 1.807) is 0 Å². The number of para-hydroxylation sites is 2. The van der Waals surface area contributed by atoms with Crippen molar-refractivity contribution in [3.8, 4) is 22.3 Å². The molecule has 43 heavy (non-hydrogen) atoms. The molecule has 1 unspecified atom stereocenters. The van der Waals surface area contributed by atoms with Crippen LogP contribution in [0.5, 0.6) is 0 Å². The number of rotatable bonds is 2. The van der Waals surface area contributed by atoms with Crippen LogP contribution in [0.4, 0.5) is 17.1 Å². The predicted octanol–water partition coefficient (Wildman–Crippen LogP) is 10.2. The largest absolute Gasteiger partial charge is 0.456 e. The zero-order valence-corrected chi connectivity index (χ0v) is 23.8. The van der Waals surface area contributed by atoms with E-state index in [0.717, 1.165) is 28.4 Å². The second-order valence-electron chi connectivity index (χ2n) is 12.0. The third-order valence-electron chi connectivity index (χ3n) is 10.0. The topological polar surface area (TPSA) is 28.4 Å². The molecule has 3 aliphatic rings. The van der Waals surface area contributed by atoms with E-state index >= 15 is 0 Å². The molecular weight excluding hydrogens is 524 g/mol. The van der Waals surface area contributed by atoms with E-state index in [2.05, 4.69) is 145 Å². The Morgan fingerprint density at radius 2 is 1.21 bits per heavy atom. The fourth-order valence-corrected chi connectivity index (χ4v) is 8.32. The van der Waals surface area contributed by atoms with Gasteiger partial charge in [0.15, 0.2) is 0 Å². The molecular formula is C40H28N2O. The maximum absolute atomic E-state index is 6.66. The van der Waals surface area contributed by atoms with E-state index < -0.39 is 0 Å². The molecule has 6 aromatic carbocycles. The smallest absolute Gasteiger partial charge is 0.135 e. The Bertz CT molecular complexity index is 2250. The number of hydrogen-bond acceptors (Lipinski definition) is 3. The van der Waals surface area contributed by atoms with Crippen LogP contribution in [0.1, 0.15) is 35.6 Å². The van der Waals surface area contributed by atoms with Crippen molar-refractivity contribution >= 4 is 39.0 Å². The van der Waals surface area contributed by atoms with Gasteiger partial charge in [-0.2, -0.15) is 0 Å². The van der Waals surface area contributed by atoms with E-state index in [-0.39, 0.29) is 11.6 Å².